The fourth-order valence-corrected chi connectivity index (χ4v) is 2.27. The number of carbonyl (C=O) groups excluding carboxylic acids is 1. The Hall–Kier alpha value is -1.10. The lowest BCUT2D eigenvalue weighted by Crippen LogP contribution is -2.35. The molecule has 1 aromatic carbocycles. The van der Waals surface area contributed by atoms with Gasteiger partial charge in [0.25, 0.3) is 0 Å². The Kier molecular flexibility index (Phi) is 6.28. The first kappa shape index (κ1) is 16.0. The maximum atomic E-state index is 11.1. The number of primary amides is 1. The number of hydrogen-bond acceptors (Lipinski definition) is 3. The molecule has 1 amide bonds. The topological polar surface area (TPSA) is 72.3 Å². The van der Waals surface area contributed by atoms with E-state index in [2.05, 4.69) is 13.8 Å². The average Bonchev–Trinajstić information content (AvgIpc) is 2.30. The molecule has 0 heterocycles. The van der Waals surface area contributed by atoms with Gasteiger partial charge in [-0.15, -0.1) is 0 Å². The van der Waals surface area contributed by atoms with Crippen LogP contribution in [-0.2, 0) is 17.9 Å². The zero-order chi connectivity index (χ0) is 14.4. The van der Waals surface area contributed by atoms with E-state index in [0.29, 0.717) is 24.0 Å². The second-order valence-electron chi connectivity index (χ2n) is 5.16. The monoisotopic (exact) mass is 283 g/mol. The first-order chi connectivity index (χ1) is 8.92. The van der Waals surface area contributed by atoms with E-state index in [0.717, 1.165) is 17.7 Å². The zero-order valence-corrected chi connectivity index (χ0v) is 12.3. The minimum Gasteiger partial charge on any atom is -0.369 e. The van der Waals surface area contributed by atoms with Crippen molar-refractivity contribution in [3.8, 4) is 0 Å². The number of benzene rings is 1. The fraction of sp³-hybridized carbons (Fsp3) is 0.500. The van der Waals surface area contributed by atoms with Gasteiger partial charge >= 0.3 is 0 Å². The molecule has 0 fully saturated rings. The molecule has 106 valence electrons. The molecule has 4 N–H and O–H groups in total. The van der Waals surface area contributed by atoms with Crippen LogP contribution in [0.3, 0.4) is 0 Å². The maximum absolute atomic E-state index is 11.1. The average molecular weight is 284 g/mol. The van der Waals surface area contributed by atoms with Gasteiger partial charge in [0, 0.05) is 24.7 Å². The van der Waals surface area contributed by atoms with Gasteiger partial charge in [0.1, 0.15) is 0 Å². The van der Waals surface area contributed by atoms with E-state index in [9.17, 15) is 4.79 Å². The molecule has 0 bridgehead atoms. The summed E-state index contributed by atoms with van der Waals surface area (Å²) in [6.07, 6.45) is 0. The molecular formula is C14H22ClN3O. The third kappa shape index (κ3) is 5.59. The van der Waals surface area contributed by atoms with Crippen molar-refractivity contribution in [3.05, 3.63) is 34.3 Å². The lowest BCUT2D eigenvalue weighted by Gasteiger charge is -2.23. The van der Waals surface area contributed by atoms with Gasteiger partial charge in [0.15, 0.2) is 0 Å². The Bertz CT molecular complexity index is 435. The lowest BCUT2D eigenvalue weighted by molar-refractivity contribution is -0.119. The standard InChI is InChI=1S/C14H22ClN3O/c1-10(2)7-18(9-14(17)19)8-12-4-3-11(6-16)5-13(12)15/h3-5,10H,6-9,16H2,1-2H3,(H2,17,19). The molecule has 1 rings (SSSR count). The maximum Gasteiger partial charge on any atom is 0.231 e. The summed E-state index contributed by atoms with van der Waals surface area (Å²) in [5.41, 5.74) is 12.8. The Morgan fingerprint density at radius 3 is 2.58 bits per heavy atom. The fourth-order valence-electron chi connectivity index (χ4n) is 2.01. The summed E-state index contributed by atoms with van der Waals surface area (Å²) in [7, 11) is 0. The van der Waals surface area contributed by atoms with E-state index in [1.54, 1.807) is 0 Å². The van der Waals surface area contributed by atoms with Gasteiger partial charge in [-0.3, -0.25) is 9.69 Å². The van der Waals surface area contributed by atoms with Gasteiger partial charge < -0.3 is 11.5 Å². The van der Waals surface area contributed by atoms with Crippen LogP contribution in [0, 0.1) is 5.92 Å². The number of hydrogen-bond donors (Lipinski definition) is 2. The van der Waals surface area contributed by atoms with E-state index in [1.165, 1.54) is 0 Å². The normalized spacial score (nSPS) is 11.3. The van der Waals surface area contributed by atoms with Crippen molar-refractivity contribution in [2.45, 2.75) is 26.9 Å². The van der Waals surface area contributed by atoms with E-state index in [-0.39, 0.29) is 12.5 Å². The number of nitrogens with two attached hydrogens (primary N) is 2. The van der Waals surface area contributed by atoms with Crippen LogP contribution in [-0.4, -0.2) is 23.9 Å². The van der Waals surface area contributed by atoms with Crippen LogP contribution in [0.2, 0.25) is 5.02 Å². The Morgan fingerprint density at radius 1 is 1.42 bits per heavy atom. The van der Waals surface area contributed by atoms with Gasteiger partial charge in [-0.25, -0.2) is 0 Å². The van der Waals surface area contributed by atoms with Gasteiger partial charge in [-0.1, -0.05) is 37.6 Å². The molecule has 0 saturated carbocycles. The van der Waals surface area contributed by atoms with E-state index in [4.69, 9.17) is 23.1 Å². The number of amides is 1. The van der Waals surface area contributed by atoms with Crippen molar-refractivity contribution in [2.24, 2.45) is 17.4 Å². The van der Waals surface area contributed by atoms with E-state index >= 15 is 0 Å². The first-order valence-electron chi connectivity index (χ1n) is 6.40. The summed E-state index contributed by atoms with van der Waals surface area (Å²) < 4.78 is 0. The zero-order valence-electron chi connectivity index (χ0n) is 11.5. The molecule has 0 aliphatic carbocycles. The van der Waals surface area contributed by atoms with Crippen molar-refractivity contribution in [2.75, 3.05) is 13.1 Å². The van der Waals surface area contributed by atoms with Crippen molar-refractivity contribution in [1.29, 1.82) is 0 Å². The Labute approximate surface area is 119 Å². The molecule has 1 aromatic rings. The molecule has 19 heavy (non-hydrogen) atoms. The summed E-state index contributed by atoms with van der Waals surface area (Å²) in [6.45, 7) is 6.34. The molecule has 0 unspecified atom stereocenters. The molecule has 0 spiro atoms. The second-order valence-corrected chi connectivity index (χ2v) is 5.57. The van der Waals surface area contributed by atoms with Crippen molar-refractivity contribution < 1.29 is 4.79 Å². The highest BCUT2D eigenvalue weighted by molar-refractivity contribution is 6.31. The summed E-state index contributed by atoms with van der Waals surface area (Å²) in [6, 6.07) is 5.78. The highest BCUT2D eigenvalue weighted by Crippen LogP contribution is 2.20. The van der Waals surface area contributed by atoms with Crippen LogP contribution in [0.4, 0.5) is 0 Å². The third-order valence-corrected chi connectivity index (χ3v) is 3.10. The van der Waals surface area contributed by atoms with Crippen LogP contribution in [0.1, 0.15) is 25.0 Å². The summed E-state index contributed by atoms with van der Waals surface area (Å²) in [5.74, 6) is 0.136. The molecule has 0 aromatic heterocycles. The SMILES string of the molecule is CC(C)CN(CC(N)=O)Cc1ccc(CN)cc1Cl. The van der Waals surface area contributed by atoms with Crippen LogP contribution < -0.4 is 11.5 Å². The number of rotatable bonds is 7. The van der Waals surface area contributed by atoms with Gasteiger partial charge in [-0.2, -0.15) is 0 Å². The molecule has 0 aliphatic heterocycles. The predicted octanol–water partition coefficient (Wildman–Crippen LogP) is 1.74. The lowest BCUT2D eigenvalue weighted by atomic mass is 10.1. The molecule has 4 nitrogen and oxygen atoms in total. The van der Waals surface area contributed by atoms with Crippen molar-refractivity contribution >= 4 is 17.5 Å². The Morgan fingerprint density at radius 2 is 2.11 bits per heavy atom. The molecule has 0 radical (unpaired) electrons. The molecule has 0 aliphatic rings. The van der Waals surface area contributed by atoms with E-state index < -0.39 is 0 Å². The summed E-state index contributed by atoms with van der Waals surface area (Å²) in [4.78, 5) is 13.1. The number of halogens is 1. The highest BCUT2D eigenvalue weighted by Gasteiger charge is 2.12. The van der Waals surface area contributed by atoms with Crippen LogP contribution in [0.25, 0.3) is 0 Å². The van der Waals surface area contributed by atoms with Crippen molar-refractivity contribution in [3.63, 3.8) is 0 Å². The minimum absolute atomic E-state index is 0.243. The largest absolute Gasteiger partial charge is 0.369 e. The van der Waals surface area contributed by atoms with E-state index in [1.807, 2.05) is 23.1 Å². The number of carbonyl (C=O) groups is 1. The number of nitrogens with zero attached hydrogens (tertiary/aromatic N) is 1. The molecular weight excluding hydrogens is 262 g/mol. The molecule has 5 heteroatoms. The quantitative estimate of drug-likeness (QED) is 0.801. The van der Waals surface area contributed by atoms with Gasteiger partial charge in [0.05, 0.1) is 6.54 Å². The smallest absolute Gasteiger partial charge is 0.231 e. The highest BCUT2D eigenvalue weighted by atomic mass is 35.5. The molecule has 0 saturated heterocycles. The third-order valence-electron chi connectivity index (χ3n) is 2.75. The Balaban J connectivity index is 2.80. The van der Waals surface area contributed by atoms with Crippen molar-refractivity contribution in [1.82, 2.24) is 4.90 Å². The predicted molar refractivity (Wildman–Crippen MR) is 78.7 cm³/mol. The first-order valence-corrected chi connectivity index (χ1v) is 6.78. The van der Waals surface area contributed by atoms with Crippen LogP contribution in [0.5, 0.6) is 0 Å². The van der Waals surface area contributed by atoms with Crippen LogP contribution >= 0.6 is 11.6 Å². The van der Waals surface area contributed by atoms with Gasteiger partial charge in [-0.05, 0) is 23.1 Å². The van der Waals surface area contributed by atoms with Gasteiger partial charge in [0.2, 0.25) is 5.91 Å². The van der Waals surface area contributed by atoms with Crippen LogP contribution in [0.15, 0.2) is 18.2 Å². The second kappa shape index (κ2) is 7.48. The summed E-state index contributed by atoms with van der Waals surface area (Å²) >= 11 is 6.23. The minimum atomic E-state index is -0.324. The summed E-state index contributed by atoms with van der Waals surface area (Å²) in [5, 5.41) is 0.682. The molecule has 0 atom stereocenters.